The van der Waals surface area contributed by atoms with Crippen molar-refractivity contribution >= 4 is 23.1 Å². The molecule has 9 heteroatoms. The summed E-state index contributed by atoms with van der Waals surface area (Å²) in [5, 5.41) is 8.32. The zero-order valence-electron chi connectivity index (χ0n) is 24.5. The minimum Gasteiger partial charge on any atom is -0.396 e. The number of rotatable bonds is 6. The maximum Gasteiger partial charge on any atom is 0.204 e. The van der Waals surface area contributed by atoms with Gasteiger partial charge >= 0.3 is 0 Å². The van der Waals surface area contributed by atoms with Crippen LogP contribution >= 0.6 is 0 Å². The third kappa shape index (κ3) is 7.05. The summed E-state index contributed by atoms with van der Waals surface area (Å²) >= 11 is 0. The summed E-state index contributed by atoms with van der Waals surface area (Å²) in [5.74, 6) is 2.29. The molecule has 4 heterocycles. The maximum absolute atomic E-state index is 8.58. The van der Waals surface area contributed by atoms with E-state index in [1.807, 2.05) is 61.7 Å². The molecule has 0 bridgehead atoms. The molecule has 0 fully saturated rings. The number of aliphatic hydroxyl groups excluding tert-OH is 1. The molecular weight excluding hydrogens is 526 g/mol. The number of imidazole rings is 2. The predicted molar refractivity (Wildman–Crippen MR) is 168 cm³/mol. The second kappa shape index (κ2) is 14.1. The van der Waals surface area contributed by atoms with Gasteiger partial charge in [0, 0.05) is 35.8 Å². The molecule has 4 N–H and O–H groups in total. The average molecular weight is 564 g/mol. The number of aromatic nitrogens is 6. The Morgan fingerprint density at radius 3 is 2.43 bits per heavy atom. The van der Waals surface area contributed by atoms with E-state index in [4.69, 9.17) is 19.9 Å². The van der Waals surface area contributed by atoms with Crippen molar-refractivity contribution in [3.8, 4) is 33.9 Å². The third-order valence-corrected chi connectivity index (χ3v) is 6.67. The first-order valence-corrected chi connectivity index (χ1v) is 14.0. The molecule has 42 heavy (non-hydrogen) atoms. The van der Waals surface area contributed by atoms with Crippen molar-refractivity contribution in [3.05, 3.63) is 90.6 Å². The summed E-state index contributed by atoms with van der Waals surface area (Å²) in [6.07, 6.45) is 6.19. The molecule has 1 amide bonds. The average Bonchev–Trinajstić information content (AvgIpc) is 3.55. The molecule has 0 saturated heterocycles. The van der Waals surface area contributed by atoms with Crippen LogP contribution in [0, 0.1) is 19.8 Å². The Kier molecular flexibility index (Phi) is 10.1. The summed E-state index contributed by atoms with van der Waals surface area (Å²) in [6, 6.07) is 22.4. The van der Waals surface area contributed by atoms with Gasteiger partial charge in [-0.1, -0.05) is 50.2 Å². The topological polar surface area (TPSA) is 135 Å². The molecule has 216 valence electrons. The molecule has 2 aromatic carbocycles. The van der Waals surface area contributed by atoms with Crippen LogP contribution in [0.4, 0.5) is 0 Å². The molecule has 0 radical (unpaired) electrons. The van der Waals surface area contributed by atoms with Gasteiger partial charge in [-0.2, -0.15) is 0 Å². The van der Waals surface area contributed by atoms with Crippen molar-refractivity contribution < 1.29 is 9.90 Å². The Bertz CT molecular complexity index is 1760. The Morgan fingerprint density at radius 1 is 0.976 bits per heavy atom. The molecule has 0 spiro atoms. The fraction of sp³-hybridized carbons (Fsp3) is 0.242. The Hall–Kier alpha value is -4.89. The minimum atomic E-state index is 0.250. The number of pyridine rings is 1. The lowest BCUT2D eigenvalue weighted by Gasteiger charge is -2.06. The number of carbonyl (C=O) groups excluding carboxylic acids is 1. The molecule has 0 aliphatic carbocycles. The van der Waals surface area contributed by atoms with Crippen molar-refractivity contribution in [2.75, 3.05) is 6.61 Å². The van der Waals surface area contributed by atoms with Gasteiger partial charge in [0.05, 0.1) is 28.0 Å². The number of aromatic amines is 1. The Labute approximate surface area is 245 Å². The van der Waals surface area contributed by atoms with E-state index < -0.39 is 0 Å². The molecule has 4 aromatic heterocycles. The molecule has 0 aliphatic rings. The maximum atomic E-state index is 8.58. The zero-order chi connectivity index (χ0) is 30.1. The first kappa shape index (κ1) is 30.1. The van der Waals surface area contributed by atoms with Gasteiger partial charge in [0.25, 0.3) is 0 Å². The van der Waals surface area contributed by atoms with Crippen LogP contribution in [-0.4, -0.2) is 47.4 Å². The Morgan fingerprint density at radius 2 is 1.74 bits per heavy atom. The smallest absolute Gasteiger partial charge is 0.204 e. The van der Waals surface area contributed by atoms with Crippen molar-refractivity contribution in [2.24, 2.45) is 11.7 Å². The molecule has 9 nitrogen and oxygen atoms in total. The van der Waals surface area contributed by atoms with E-state index in [1.54, 1.807) is 6.20 Å². The zero-order valence-corrected chi connectivity index (χ0v) is 24.5. The van der Waals surface area contributed by atoms with Crippen LogP contribution in [0.15, 0.2) is 79.1 Å². The number of benzene rings is 2. The number of primary amides is 1. The standard InChI is InChI=1S/C26H20N6.C6H14O.CH3NO/c1-16-24(18-7-4-3-5-8-18)31-26-20(9-6-14-32(16)26)25-27-13-12-21(30-25)19-10-11-22-23(15-19)29-17(2)28-22;1-6(2)4-3-5-7;2-1-3/h3-15H,1-2H3,(H,28,29);6-7H,3-5H2,1-2H3;1H,(H2,2,3). The first-order valence-electron chi connectivity index (χ1n) is 14.0. The van der Waals surface area contributed by atoms with E-state index in [-0.39, 0.29) is 6.41 Å². The number of amides is 1. The van der Waals surface area contributed by atoms with Crippen LogP contribution in [0.3, 0.4) is 0 Å². The van der Waals surface area contributed by atoms with Crippen LogP contribution < -0.4 is 5.73 Å². The Balaban J connectivity index is 0.000000353. The summed E-state index contributed by atoms with van der Waals surface area (Å²) in [7, 11) is 0. The van der Waals surface area contributed by atoms with E-state index in [1.165, 1.54) is 0 Å². The fourth-order valence-electron chi connectivity index (χ4n) is 4.68. The highest BCUT2D eigenvalue weighted by Gasteiger charge is 2.16. The predicted octanol–water partition coefficient (Wildman–Crippen LogP) is 6.13. The van der Waals surface area contributed by atoms with Crippen LogP contribution in [-0.2, 0) is 4.79 Å². The van der Waals surface area contributed by atoms with E-state index in [0.717, 1.165) is 75.0 Å². The summed E-state index contributed by atoms with van der Waals surface area (Å²) < 4.78 is 2.10. The number of H-pyrrole nitrogens is 1. The van der Waals surface area contributed by atoms with Gasteiger partial charge in [-0.25, -0.2) is 19.9 Å². The largest absolute Gasteiger partial charge is 0.396 e. The van der Waals surface area contributed by atoms with Gasteiger partial charge in [-0.15, -0.1) is 0 Å². The molecular formula is C33H37N7O2. The highest BCUT2D eigenvalue weighted by atomic mass is 16.2. The molecule has 6 rings (SSSR count). The van der Waals surface area contributed by atoms with E-state index in [2.05, 4.69) is 64.1 Å². The first-order chi connectivity index (χ1) is 20.4. The molecule has 0 saturated carbocycles. The SMILES string of the molecule is CC(C)CCCO.Cc1nc2ccc(-c3ccnc(-c4cccn5c(C)c(-c6ccccc6)nc45)n3)cc2[nH]1.NC=O. The van der Waals surface area contributed by atoms with Gasteiger partial charge in [-0.3, -0.25) is 4.79 Å². The number of aliphatic hydroxyl groups is 1. The van der Waals surface area contributed by atoms with Crippen molar-refractivity contribution in [3.63, 3.8) is 0 Å². The number of hydrogen-bond donors (Lipinski definition) is 3. The lowest BCUT2D eigenvalue weighted by molar-refractivity contribution is -0.106. The number of carbonyl (C=O) groups is 1. The van der Waals surface area contributed by atoms with Gasteiger partial charge in [-0.05, 0) is 62.9 Å². The quantitative estimate of drug-likeness (QED) is 0.209. The molecule has 0 unspecified atom stereocenters. The monoisotopic (exact) mass is 563 g/mol. The van der Waals surface area contributed by atoms with Crippen LogP contribution in [0.2, 0.25) is 0 Å². The molecule has 0 aliphatic heterocycles. The van der Waals surface area contributed by atoms with Gasteiger partial charge in [0.1, 0.15) is 11.5 Å². The highest BCUT2D eigenvalue weighted by Crippen LogP contribution is 2.30. The minimum absolute atomic E-state index is 0.250. The molecule has 0 atom stereocenters. The number of nitrogens with zero attached hydrogens (tertiary/aromatic N) is 5. The second-order valence-corrected chi connectivity index (χ2v) is 10.2. The van der Waals surface area contributed by atoms with Gasteiger partial charge in [0.2, 0.25) is 6.41 Å². The second-order valence-electron chi connectivity index (χ2n) is 10.2. The third-order valence-electron chi connectivity index (χ3n) is 6.67. The molecule has 6 aromatic rings. The number of nitrogens with one attached hydrogen (secondary N) is 1. The van der Waals surface area contributed by atoms with E-state index in [9.17, 15) is 0 Å². The van der Waals surface area contributed by atoms with Gasteiger partial charge in [0.15, 0.2) is 5.82 Å². The van der Waals surface area contributed by atoms with Crippen molar-refractivity contribution in [1.82, 2.24) is 29.3 Å². The fourth-order valence-corrected chi connectivity index (χ4v) is 4.68. The van der Waals surface area contributed by atoms with Crippen molar-refractivity contribution in [1.29, 1.82) is 0 Å². The summed E-state index contributed by atoms with van der Waals surface area (Å²) in [6.45, 7) is 8.72. The lowest BCUT2D eigenvalue weighted by atomic mass is 10.1. The number of hydrogen-bond acceptors (Lipinski definition) is 6. The number of fused-ring (bicyclic) bond motifs is 2. The van der Waals surface area contributed by atoms with Crippen LogP contribution in [0.5, 0.6) is 0 Å². The van der Waals surface area contributed by atoms with Gasteiger partial charge < -0.3 is 20.2 Å². The normalized spacial score (nSPS) is 10.7. The van der Waals surface area contributed by atoms with E-state index in [0.29, 0.717) is 12.4 Å². The summed E-state index contributed by atoms with van der Waals surface area (Å²) in [4.78, 5) is 30.8. The van der Waals surface area contributed by atoms with E-state index >= 15 is 0 Å². The lowest BCUT2D eigenvalue weighted by Crippen LogP contribution is -1.95. The summed E-state index contributed by atoms with van der Waals surface area (Å²) in [5.41, 5.74) is 12.9. The van der Waals surface area contributed by atoms with Crippen LogP contribution in [0.25, 0.3) is 50.6 Å². The highest BCUT2D eigenvalue weighted by molar-refractivity contribution is 5.82. The number of aryl methyl sites for hydroxylation is 2. The number of nitrogens with two attached hydrogens (primary N) is 1. The van der Waals surface area contributed by atoms with Crippen molar-refractivity contribution in [2.45, 2.75) is 40.5 Å². The van der Waals surface area contributed by atoms with Crippen LogP contribution in [0.1, 0.15) is 38.2 Å².